The first kappa shape index (κ1) is 13.3. The smallest absolute Gasteiger partial charge is 0.275 e. The lowest BCUT2D eigenvalue weighted by Crippen LogP contribution is -2.82. The predicted molar refractivity (Wildman–Crippen MR) is 64.9 cm³/mol. The van der Waals surface area contributed by atoms with Gasteiger partial charge in [-0.15, -0.1) is 0 Å². The number of quaternary nitrogens is 1. The van der Waals surface area contributed by atoms with Gasteiger partial charge in [-0.25, -0.2) is 5.41 Å². The zero-order chi connectivity index (χ0) is 13.7. The molecule has 0 saturated carbocycles. The van der Waals surface area contributed by atoms with Crippen LogP contribution in [0, 0.1) is 26.9 Å². The number of nitriles is 1. The van der Waals surface area contributed by atoms with Gasteiger partial charge >= 0.3 is 0 Å². The van der Waals surface area contributed by atoms with E-state index in [2.05, 4.69) is 0 Å². The van der Waals surface area contributed by atoms with Crippen LogP contribution in [0.1, 0.15) is 6.92 Å². The summed E-state index contributed by atoms with van der Waals surface area (Å²) in [5.41, 5.74) is 6.17. The molecule has 0 radical (unpaired) electrons. The van der Waals surface area contributed by atoms with E-state index in [1.165, 1.54) is 30.4 Å². The van der Waals surface area contributed by atoms with Crippen molar-refractivity contribution >= 4 is 17.2 Å². The lowest BCUT2D eigenvalue weighted by atomic mass is 10.2. The van der Waals surface area contributed by atoms with Gasteiger partial charge in [0.15, 0.2) is 5.57 Å². The summed E-state index contributed by atoms with van der Waals surface area (Å²) in [6, 6.07) is 7.64. The highest BCUT2D eigenvalue weighted by Crippen LogP contribution is 2.13. The second-order valence-corrected chi connectivity index (χ2v) is 3.58. The molecule has 5 N–H and O–H groups in total. The summed E-state index contributed by atoms with van der Waals surface area (Å²) >= 11 is 0. The van der Waals surface area contributed by atoms with Crippen molar-refractivity contribution in [3.05, 3.63) is 45.6 Å². The quantitative estimate of drug-likeness (QED) is 0.179. The molecule has 0 atom stereocenters. The van der Waals surface area contributed by atoms with E-state index in [4.69, 9.17) is 16.4 Å². The van der Waals surface area contributed by atoms with Gasteiger partial charge in [-0.2, -0.15) is 5.26 Å². The summed E-state index contributed by atoms with van der Waals surface area (Å²) in [6.45, 7) is 1.52. The number of non-ortho nitro benzene ring substituents is 1. The van der Waals surface area contributed by atoms with E-state index in [1.807, 2.05) is 6.07 Å². The number of hydrogen-bond acceptors (Lipinski definition) is 5. The molecule has 92 valence electrons. The highest BCUT2D eigenvalue weighted by atomic mass is 16.6. The molecule has 0 aliphatic carbocycles. The van der Waals surface area contributed by atoms with Crippen LogP contribution in [0.5, 0.6) is 0 Å². The summed E-state index contributed by atoms with van der Waals surface area (Å²) in [4.78, 5) is 10.1. The minimum absolute atomic E-state index is 0.0570. The van der Waals surface area contributed by atoms with Crippen LogP contribution < -0.4 is 11.1 Å². The maximum absolute atomic E-state index is 10.6. The van der Waals surface area contributed by atoms with Gasteiger partial charge in [0.05, 0.1) is 11.0 Å². The van der Waals surface area contributed by atoms with Crippen LogP contribution in [0.2, 0.25) is 0 Å². The van der Waals surface area contributed by atoms with Crippen molar-refractivity contribution in [2.24, 2.45) is 5.73 Å². The van der Waals surface area contributed by atoms with Gasteiger partial charge < -0.3 is 5.73 Å². The van der Waals surface area contributed by atoms with Crippen LogP contribution >= 0.6 is 0 Å². The van der Waals surface area contributed by atoms with Crippen molar-refractivity contribution in [3.63, 3.8) is 0 Å². The topological polar surface area (TPSA) is 133 Å². The van der Waals surface area contributed by atoms with Crippen LogP contribution in [0.4, 0.5) is 11.4 Å². The van der Waals surface area contributed by atoms with Crippen molar-refractivity contribution in [1.29, 1.82) is 10.7 Å². The van der Waals surface area contributed by atoms with Gasteiger partial charge in [-0.3, -0.25) is 15.4 Å². The number of rotatable bonds is 3. The van der Waals surface area contributed by atoms with E-state index >= 15 is 0 Å². The Morgan fingerprint density at radius 1 is 1.61 bits per heavy atom. The molecule has 0 aliphatic rings. The van der Waals surface area contributed by atoms with E-state index in [0.29, 0.717) is 5.69 Å². The molecule has 0 fully saturated rings. The summed E-state index contributed by atoms with van der Waals surface area (Å²) in [6.07, 6.45) is 0. The molecule has 0 aromatic heterocycles. The second kappa shape index (κ2) is 5.56. The lowest BCUT2D eigenvalue weighted by molar-refractivity contribution is -0.445. The molecular weight excluding hydrogens is 234 g/mol. The normalized spacial score (nSPS) is 11.3. The number of amidine groups is 1. The Hall–Kier alpha value is -2.72. The molecule has 7 heteroatoms. The minimum atomic E-state index is -0.518. The molecule has 7 nitrogen and oxygen atoms in total. The van der Waals surface area contributed by atoms with E-state index in [-0.39, 0.29) is 22.8 Å². The maximum atomic E-state index is 10.6. The summed E-state index contributed by atoms with van der Waals surface area (Å²) < 4.78 is 0. The number of hydrogen-bond donors (Lipinski definition) is 3. The van der Waals surface area contributed by atoms with Crippen molar-refractivity contribution in [1.82, 2.24) is 0 Å². The Labute approximate surface area is 103 Å². The lowest BCUT2D eigenvalue weighted by Gasteiger charge is -2.02. The predicted octanol–water partition coefficient (Wildman–Crippen LogP) is 0.523. The van der Waals surface area contributed by atoms with Gasteiger partial charge in [0.2, 0.25) is 5.84 Å². The van der Waals surface area contributed by atoms with Crippen molar-refractivity contribution < 1.29 is 10.2 Å². The molecule has 0 heterocycles. The number of nitro groups is 1. The van der Waals surface area contributed by atoms with Gasteiger partial charge in [-0.05, 0) is 19.1 Å². The SMILES string of the molecule is CC(N)=C(C#N)C(=N)[NH2+]c1cccc([N+](=O)[O-])c1. The third-order valence-electron chi connectivity index (χ3n) is 2.17. The Morgan fingerprint density at radius 2 is 2.28 bits per heavy atom. The molecule has 0 unspecified atom stereocenters. The van der Waals surface area contributed by atoms with E-state index in [1.54, 1.807) is 6.07 Å². The third kappa shape index (κ3) is 3.13. The molecule has 0 spiro atoms. The zero-order valence-corrected chi connectivity index (χ0v) is 9.68. The molecule has 0 amide bonds. The number of nitro benzene ring substituents is 1. The second-order valence-electron chi connectivity index (χ2n) is 3.58. The van der Waals surface area contributed by atoms with Crippen LogP contribution in [0.15, 0.2) is 35.5 Å². The molecule has 1 aromatic carbocycles. The Balaban J connectivity index is 2.96. The fourth-order valence-corrected chi connectivity index (χ4v) is 1.33. The molecular formula is C11H12N5O2+. The zero-order valence-electron chi connectivity index (χ0n) is 9.68. The first-order valence-corrected chi connectivity index (χ1v) is 5.00. The average molecular weight is 246 g/mol. The summed E-state index contributed by atoms with van der Waals surface area (Å²) in [5.74, 6) is -0.0713. The number of nitrogens with one attached hydrogen (secondary N) is 1. The maximum Gasteiger partial charge on any atom is 0.275 e. The van der Waals surface area contributed by atoms with Gasteiger partial charge in [0, 0.05) is 11.8 Å². The molecule has 0 bridgehead atoms. The number of benzene rings is 1. The molecule has 1 rings (SSSR count). The Morgan fingerprint density at radius 3 is 2.78 bits per heavy atom. The monoisotopic (exact) mass is 246 g/mol. The van der Waals surface area contributed by atoms with Crippen molar-refractivity contribution in [2.75, 3.05) is 0 Å². The standard InChI is InChI=1S/C11H11N5O2/c1-7(13)10(6-12)11(14)15-8-3-2-4-9(5-8)16(17)18/h2-5H,13H2,1H3,(H2,14,15)/p+1. The fraction of sp³-hybridized carbons (Fsp3) is 0.0909. The molecule has 0 saturated heterocycles. The van der Waals surface area contributed by atoms with Crippen LogP contribution in [-0.4, -0.2) is 10.8 Å². The first-order valence-electron chi connectivity index (χ1n) is 5.00. The van der Waals surface area contributed by atoms with Crippen LogP contribution in [0.25, 0.3) is 0 Å². The van der Waals surface area contributed by atoms with E-state index in [9.17, 15) is 10.1 Å². The minimum Gasteiger partial charge on any atom is -0.401 e. The third-order valence-corrected chi connectivity index (χ3v) is 2.17. The number of nitrogens with zero attached hydrogens (tertiary/aromatic N) is 2. The highest BCUT2D eigenvalue weighted by Gasteiger charge is 2.14. The summed E-state index contributed by atoms with van der Waals surface area (Å²) in [5, 5.41) is 28.5. The number of nitrogens with two attached hydrogens (primary N) is 2. The molecule has 1 aromatic rings. The Kier molecular flexibility index (Phi) is 4.12. The largest absolute Gasteiger partial charge is 0.401 e. The van der Waals surface area contributed by atoms with Crippen molar-refractivity contribution in [2.45, 2.75) is 6.92 Å². The van der Waals surface area contributed by atoms with Crippen molar-refractivity contribution in [3.8, 4) is 6.07 Å². The van der Waals surface area contributed by atoms with Gasteiger partial charge in [0.25, 0.3) is 5.69 Å². The highest BCUT2D eigenvalue weighted by molar-refractivity contribution is 5.93. The van der Waals surface area contributed by atoms with Crippen LogP contribution in [0.3, 0.4) is 0 Å². The van der Waals surface area contributed by atoms with Gasteiger partial charge in [-0.1, -0.05) is 0 Å². The van der Waals surface area contributed by atoms with E-state index in [0.717, 1.165) is 0 Å². The molecule has 18 heavy (non-hydrogen) atoms. The van der Waals surface area contributed by atoms with E-state index < -0.39 is 4.92 Å². The first-order chi connectivity index (χ1) is 8.45. The van der Waals surface area contributed by atoms with Crippen LogP contribution in [-0.2, 0) is 0 Å². The Bertz CT molecular complexity index is 567. The average Bonchev–Trinajstić information content (AvgIpc) is 2.29. The summed E-state index contributed by atoms with van der Waals surface area (Å²) in [7, 11) is 0. The van der Waals surface area contributed by atoms with Gasteiger partial charge in [0.1, 0.15) is 11.8 Å². The fourth-order valence-electron chi connectivity index (χ4n) is 1.33. The number of allylic oxidation sites excluding steroid dienone is 1. The molecule has 0 aliphatic heterocycles.